The highest BCUT2D eigenvalue weighted by atomic mass is 35.5. The summed E-state index contributed by atoms with van der Waals surface area (Å²) in [6.07, 6.45) is 6.17. The summed E-state index contributed by atoms with van der Waals surface area (Å²) in [5.41, 5.74) is 4.14. The van der Waals surface area contributed by atoms with Gasteiger partial charge in [0.15, 0.2) is 5.65 Å². The number of hydrogen-bond donors (Lipinski definition) is 1. The molecular weight excluding hydrogens is 450 g/mol. The molecule has 0 atom stereocenters. The average Bonchev–Trinajstić information content (AvgIpc) is 3.53. The van der Waals surface area contributed by atoms with Gasteiger partial charge < -0.3 is 19.4 Å². The highest BCUT2D eigenvalue weighted by molar-refractivity contribution is 6.31. The Hall–Kier alpha value is -2.58. The largest absolute Gasteiger partial charge is 0.493 e. The predicted octanol–water partition coefficient (Wildman–Crippen LogP) is 4.07. The summed E-state index contributed by atoms with van der Waals surface area (Å²) in [6.45, 7) is 12.1. The Morgan fingerprint density at radius 1 is 1.03 bits per heavy atom. The molecule has 1 N–H and O–H groups in total. The van der Waals surface area contributed by atoms with Crippen LogP contribution in [0.3, 0.4) is 0 Å². The molecule has 0 amide bonds. The maximum absolute atomic E-state index is 6.52. The number of likely N-dealkylation sites (tertiary alicyclic amines) is 1. The Morgan fingerprint density at radius 2 is 1.79 bits per heavy atom. The maximum atomic E-state index is 6.52. The third-order valence-electron chi connectivity index (χ3n) is 7.04. The fourth-order valence-corrected chi connectivity index (χ4v) is 5.36. The van der Waals surface area contributed by atoms with Crippen LogP contribution in [0, 0.1) is 6.92 Å². The zero-order chi connectivity index (χ0) is 23.5. The molecule has 4 heterocycles. The number of aromatic amines is 1. The molecule has 0 unspecified atom stereocenters. The number of H-pyrrole nitrogens is 1. The van der Waals surface area contributed by atoms with Gasteiger partial charge in [-0.3, -0.25) is 5.10 Å². The molecule has 34 heavy (non-hydrogen) atoms. The molecule has 5 rings (SSSR count). The molecule has 2 aliphatic heterocycles. The van der Waals surface area contributed by atoms with Crippen molar-refractivity contribution >= 4 is 34.1 Å². The van der Waals surface area contributed by atoms with Crippen molar-refractivity contribution in [1.29, 1.82) is 0 Å². The van der Waals surface area contributed by atoms with E-state index in [1.165, 1.54) is 25.9 Å². The van der Waals surface area contributed by atoms with Gasteiger partial charge >= 0.3 is 0 Å². The van der Waals surface area contributed by atoms with Crippen LogP contribution in [0.4, 0.5) is 11.5 Å². The first-order valence-electron chi connectivity index (χ1n) is 12.5. The van der Waals surface area contributed by atoms with Gasteiger partial charge in [-0.05, 0) is 57.8 Å². The van der Waals surface area contributed by atoms with Crippen LogP contribution in [-0.2, 0) is 6.42 Å². The summed E-state index contributed by atoms with van der Waals surface area (Å²) in [5, 5.41) is 9.23. The number of hydrogen-bond acceptors (Lipinski definition) is 7. The van der Waals surface area contributed by atoms with Gasteiger partial charge in [-0.25, -0.2) is 9.97 Å². The van der Waals surface area contributed by atoms with Gasteiger partial charge in [0.05, 0.1) is 17.7 Å². The number of nitrogens with zero attached hydrogens (tertiary/aromatic N) is 6. The molecule has 2 aromatic heterocycles. The molecule has 0 saturated carbocycles. The Balaban J connectivity index is 1.24. The van der Waals surface area contributed by atoms with Crippen molar-refractivity contribution in [3.8, 4) is 5.75 Å². The van der Waals surface area contributed by atoms with Gasteiger partial charge in [-0.1, -0.05) is 18.5 Å². The zero-order valence-corrected chi connectivity index (χ0v) is 20.9. The summed E-state index contributed by atoms with van der Waals surface area (Å²) in [6, 6.07) is 4.02. The van der Waals surface area contributed by atoms with Crippen LogP contribution < -0.4 is 14.5 Å². The highest BCUT2D eigenvalue weighted by Gasteiger charge is 2.24. The topological polar surface area (TPSA) is 73.4 Å². The number of anilines is 2. The van der Waals surface area contributed by atoms with Crippen molar-refractivity contribution in [3.63, 3.8) is 0 Å². The summed E-state index contributed by atoms with van der Waals surface area (Å²) >= 11 is 6.52. The summed E-state index contributed by atoms with van der Waals surface area (Å²) in [5.74, 6) is 1.87. The number of piperazine rings is 1. The van der Waals surface area contributed by atoms with E-state index in [4.69, 9.17) is 16.3 Å². The number of rotatable bonds is 8. The lowest BCUT2D eigenvalue weighted by Gasteiger charge is -2.37. The van der Waals surface area contributed by atoms with E-state index in [9.17, 15) is 0 Å². The van der Waals surface area contributed by atoms with Crippen LogP contribution in [-0.4, -0.2) is 77.5 Å². The monoisotopic (exact) mass is 483 g/mol. The van der Waals surface area contributed by atoms with Crippen molar-refractivity contribution < 1.29 is 4.74 Å². The van der Waals surface area contributed by atoms with Gasteiger partial charge in [-0.2, -0.15) is 5.10 Å². The zero-order valence-electron chi connectivity index (χ0n) is 20.2. The third-order valence-corrected chi connectivity index (χ3v) is 7.26. The molecule has 3 aromatic rings. The van der Waals surface area contributed by atoms with Crippen LogP contribution in [0.5, 0.6) is 5.75 Å². The maximum Gasteiger partial charge on any atom is 0.160 e. The van der Waals surface area contributed by atoms with Gasteiger partial charge in [0.1, 0.15) is 17.9 Å². The Kier molecular flexibility index (Phi) is 7.06. The average molecular weight is 484 g/mol. The molecule has 0 bridgehead atoms. The smallest absolute Gasteiger partial charge is 0.160 e. The minimum atomic E-state index is 0.721. The first-order chi connectivity index (χ1) is 16.6. The lowest BCUT2D eigenvalue weighted by Crippen LogP contribution is -2.47. The van der Waals surface area contributed by atoms with E-state index in [-0.39, 0.29) is 0 Å². The van der Waals surface area contributed by atoms with Gasteiger partial charge in [-0.15, -0.1) is 0 Å². The number of nitrogens with one attached hydrogen (secondary N) is 1. The van der Waals surface area contributed by atoms with Crippen molar-refractivity contribution in [2.45, 2.75) is 39.5 Å². The molecule has 0 spiro atoms. The second kappa shape index (κ2) is 10.4. The van der Waals surface area contributed by atoms with Crippen molar-refractivity contribution in [2.75, 3.05) is 62.2 Å². The van der Waals surface area contributed by atoms with E-state index in [1.54, 1.807) is 6.33 Å². The fourth-order valence-electron chi connectivity index (χ4n) is 5.15. The van der Waals surface area contributed by atoms with Crippen LogP contribution in [0.1, 0.15) is 37.4 Å². The van der Waals surface area contributed by atoms with E-state index < -0.39 is 0 Å². The van der Waals surface area contributed by atoms with Crippen molar-refractivity contribution in [3.05, 3.63) is 34.7 Å². The predicted molar refractivity (Wildman–Crippen MR) is 137 cm³/mol. The second-order valence-corrected chi connectivity index (χ2v) is 9.65. The molecule has 182 valence electrons. The van der Waals surface area contributed by atoms with E-state index in [2.05, 4.69) is 54.8 Å². The Labute approximate surface area is 206 Å². The summed E-state index contributed by atoms with van der Waals surface area (Å²) in [4.78, 5) is 16.2. The molecule has 2 saturated heterocycles. The molecular formula is C25H34ClN7O. The number of halogens is 1. The van der Waals surface area contributed by atoms with E-state index in [0.717, 1.165) is 96.7 Å². The lowest BCUT2D eigenvalue weighted by atomic mass is 10.1. The number of ether oxygens (including phenoxy) is 1. The van der Waals surface area contributed by atoms with Crippen LogP contribution >= 0.6 is 11.6 Å². The van der Waals surface area contributed by atoms with Crippen LogP contribution in [0.15, 0.2) is 18.5 Å². The van der Waals surface area contributed by atoms with Gasteiger partial charge in [0, 0.05) is 49.0 Å². The van der Waals surface area contributed by atoms with E-state index in [1.807, 2.05) is 6.07 Å². The SMILES string of the molecule is CCc1n[nH]c2ncnc(N3CCN(c4cc(Cl)cc(OCCCN5CCCC5)c4C)CC3)c12. The molecule has 1 aromatic carbocycles. The van der Waals surface area contributed by atoms with Crippen LogP contribution in [0.2, 0.25) is 5.02 Å². The second-order valence-electron chi connectivity index (χ2n) is 9.22. The lowest BCUT2D eigenvalue weighted by molar-refractivity contribution is 0.262. The highest BCUT2D eigenvalue weighted by Crippen LogP contribution is 2.34. The quantitative estimate of drug-likeness (QED) is 0.484. The van der Waals surface area contributed by atoms with Crippen molar-refractivity contribution in [2.24, 2.45) is 0 Å². The minimum Gasteiger partial charge on any atom is -0.493 e. The Bertz CT molecular complexity index is 1120. The number of aromatic nitrogens is 4. The van der Waals surface area contributed by atoms with Gasteiger partial charge in [0.2, 0.25) is 0 Å². The Morgan fingerprint density at radius 3 is 2.56 bits per heavy atom. The standard InChI is InChI=1S/C25H34ClN7O/c1-3-20-23-24(30-29-20)27-17-28-25(23)33-12-10-32(11-13-33)21-15-19(26)16-22(18(21)2)34-14-6-9-31-7-4-5-8-31/h15-17H,3-14H2,1-2H3,(H,27,28,29,30). The molecule has 0 radical (unpaired) electrons. The molecule has 8 nitrogen and oxygen atoms in total. The summed E-state index contributed by atoms with van der Waals surface area (Å²) < 4.78 is 6.19. The first-order valence-corrected chi connectivity index (χ1v) is 12.8. The van der Waals surface area contributed by atoms with E-state index >= 15 is 0 Å². The van der Waals surface area contributed by atoms with E-state index in [0.29, 0.717) is 0 Å². The fraction of sp³-hybridized carbons (Fsp3) is 0.560. The minimum absolute atomic E-state index is 0.721. The number of fused-ring (bicyclic) bond motifs is 1. The molecule has 2 fully saturated rings. The molecule has 2 aliphatic rings. The van der Waals surface area contributed by atoms with Gasteiger partial charge in [0.25, 0.3) is 0 Å². The third kappa shape index (κ3) is 4.79. The van der Waals surface area contributed by atoms with Crippen molar-refractivity contribution in [1.82, 2.24) is 25.1 Å². The molecule has 0 aliphatic carbocycles. The van der Waals surface area contributed by atoms with Crippen LogP contribution in [0.25, 0.3) is 11.0 Å². The molecule has 9 heteroatoms. The normalized spacial score (nSPS) is 17.1. The first kappa shape index (κ1) is 23.2. The number of aryl methyl sites for hydroxylation is 1. The number of benzene rings is 1. The summed E-state index contributed by atoms with van der Waals surface area (Å²) in [7, 11) is 0.